The van der Waals surface area contributed by atoms with E-state index < -0.39 is 10.0 Å². The summed E-state index contributed by atoms with van der Waals surface area (Å²) in [7, 11) is -3.08. The lowest BCUT2D eigenvalue weighted by Gasteiger charge is -2.40. The van der Waals surface area contributed by atoms with E-state index in [9.17, 15) is 18.3 Å². The Hall–Kier alpha value is -0.640. The molecule has 1 N–H and O–H groups in total. The van der Waals surface area contributed by atoms with Crippen molar-refractivity contribution in [3.05, 3.63) is 26.6 Å². The molecule has 2 heterocycles. The van der Waals surface area contributed by atoms with Gasteiger partial charge < -0.3 is 10.0 Å². The Morgan fingerprint density at radius 2 is 1.53 bits per heavy atom. The van der Waals surface area contributed by atoms with Crippen LogP contribution in [0.5, 0.6) is 5.75 Å². The Bertz CT molecular complexity index is 854. The molecule has 2 aliphatic rings. The maximum absolute atomic E-state index is 13.0. The third-order valence-electron chi connectivity index (χ3n) is 6.53. The first-order valence-electron chi connectivity index (χ1n) is 10.5. The van der Waals surface area contributed by atoms with Crippen molar-refractivity contribution in [2.45, 2.75) is 39.0 Å². The van der Waals surface area contributed by atoms with Gasteiger partial charge in [0.1, 0.15) is 5.75 Å². The van der Waals surface area contributed by atoms with Crippen molar-refractivity contribution in [3.63, 3.8) is 0 Å². The number of hydrogen-bond acceptors (Lipinski definition) is 4. The van der Waals surface area contributed by atoms with Crippen LogP contribution >= 0.6 is 31.9 Å². The molecule has 6 nitrogen and oxygen atoms in total. The summed E-state index contributed by atoms with van der Waals surface area (Å²) in [5.74, 6) is 1.37. The fourth-order valence-electron chi connectivity index (χ4n) is 4.76. The van der Waals surface area contributed by atoms with Gasteiger partial charge in [0.15, 0.2) is 0 Å². The first-order chi connectivity index (χ1) is 14.1. The van der Waals surface area contributed by atoms with Crippen LogP contribution in [0.3, 0.4) is 0 Å². The number of aromatic hydroxyl groups is 1. The largest absolute Gasteiger partial charge is 0.506 e. The second-order valence-corrected chi connectivity index (χ2v) is 12.4. The Kier molecular flexibility index (Phi) is 7.91. The number of hydrogen-bond donors (Lipinski definition) is 1. The maximum atomic E-state index is 13.0. The van der Waals surface area contributed by atoms with Gasteiger partial charge in [-0.3, -0.25) is 4.79 Å². The monoisotopic (exact) mass is 564 g/mol. The Morgan fingerprint density at radius 3 is 2.00 bits per heavy atom. The molecule has 1 aromatic rings. The second kappa shape index (κ2) is 9.88. The molecule has 0 aromatic heterocycles. The lowest BCUT2D eigenvalue weighted by atomic mass is 9.79. The molecule has 0 spiro atoms. The minimum absolute atomic E-state index is 0.122. The van der Waals surface area contributed by atoms with Crippen LogP contribution in [0.25, 0.3) is 0 Å². The minimum Gasteiger partial charge on any atom is -0.506 e. The molecule has 2 fully saturated rings. The van der Waals surface area contributed by atoms with Gasteiger partial charge in [0, 0.05) is 32.1 Å². The topological polar surface area (TPSA) is 77.9 Å². The summed E-state index contributed by atoms with van der Waals surface area (Å²) in [6, 6.07) is 3.72. The van der Waals surface area contributed by atoms with Crippen LogP contribution in [-0.2, 0) is 21.2 Å². The molecular formula is C21H30Br2N2O4S. The summed E-state index contributed by atoms with van der Waals surface area (Å²) >= 11 is 6.70. The number of halogens is 2. The van der Waals surface area contributed by atoms with E-state index in [2.05, 4.69) is 31.9 Å². The highest BCUT2D eigenvalue weighted by Crippen LogP contribution is 2.35. The molecule has 168 valence electrons. The van der Waals surface area contributed by atoms with Crippen LogP contribution in [0.2, 0.25) is 0 Å². The fraction of sp³-hybridized carbons (Fsp3) is 0.667. The van der Waals surface area contributed by atoms with Crippen LogP contribution in [0.15, 0.2) is 21.1 Å². The van der Waals surface area contributed by atoms with E-state index in [0.29, 0.717) is 40.3 Å². The van der Waals surface area contributed by atoms with Crippen LogP contribution < -0.4 is 0 Å². The highest BCUT2D eigenvalue weighted by atomic mass is 79.9. The Morgan fingerprint density at radius 1 is 1.07 bits per heavy atom. The number of likely N-dealkylation sites (tertiary alicyclic amines) is 1. The maximum Gasteiger partial charge on any atom is 0.225 e. The predicted molar refractivity (Wildman–Crippen MR) is 125 cm³/mol. The third kappa shape index (κ3) is 5.78. The normalized spacial score (nSPS) is 21.0. The quantitative estimate of drug-likeness (QED) is 0.585. The fourth-order valence-corrected chi connectivity index (χ4v) is 6.91. The molecular weight excluding hydrogens is 536 g/mol. The molecule has 30 heavy (non-hydrogen) atoms. The molecule has 0 unspecified atom stereocenters. The third-order valence-corrected chi connectivity index (χ3v) is 9.04. The van der Waals surface area contributed by atoms with Crippen molar-refractivity contribution >= 4 is 47.8 Å². The molecule has 1 atom stereocenters. The molecule has 3 rings (SSSR count). The SMILES string of the molecule is C[C@H](Cc1cc(Br)c(O)c(Br)c1)C(=O)N1CCC(C2CCN(S(C)(=O)=O)CC2)CC1. The van der Waals surface area contributed by atoms with E-state index in [0.717, 1.165) is 44.3 Å². The zero-order valence-electron chi connectivity index (χ0n) is 17.5. The van der Waals surface area contributed by atoms with E-state index in [-0.39, 0.29) is 17.6 Å². The molecule has 9 heteroatoms. The van der Waals surface area contributed by atoms with Gasteiger partial charge >= 0.3 is 0 Å². The molecule has 1 amide bonds. The van der Waals surface area contributed by atoms with Crippen LogP contribution in [0.1, 0.15) is 38.2 Å². The first kappa shape index (κ1) is 24.0. The van der Waals surface area contributed by atoms with Gasteiger partial charge in [0.2, 0.25) is 15.9 Å². The summed E-state index contributed by atoms with van der Waals surface area (Å²) in [4.78, 5) is 14.9. The number of phenolic OH excluding ortho intramolecular Hbond substituents is 1. The summed E-state index contributed by atoms with van der Waals surface area (Å²) in [6.07, 6.45) is 5.75. The van der Waals surface area contributed by atoms with Crippen LogP contribution in [0, 0.1) is 17.8 Å². The molecule has 0 saturated carbocycles. The van der Waals surface area contributed by atoms with E-state index in [4.69, 9.17) is 0 Å². The van der Waals surface area contributed by atoms with Gasteiger partial charge in [0.05, 0.1) is 15.2 Å². The smallest absolute Gasteiger partial charge is 0.225 e. The van der Waals surface area contributed by atoms with E-state index in [1.807, 2.05) is 24.0 Å². The first-order valence-corrected chi connectivity index (χ1v) is 13.9. The lowest BCUT2D eigenvalue weighted by molar-refractivity contribution is -0.136. The van der Waals surface area contributed by atoms with E-state index in [1.165, 1.54) is 6.26 Å². The number of carbonyl (C=O) groups excluding carboxylic acids is 1. The molecule has 2 saturated heterocycles. The number of amides is 1. The molecule has 0 aliphatic carbocycles. The highest BCUT2D eigenvalue weighted by molar-refractivity contribution is 9.11. The number of phenols is 1. The van der Waals surface area contributed by atoms with Crippen molar-refractivity contribution in [3.8, 4) is 5.75 Å². The Balaban J connectivity index is 1.49. The van der Waals surface area contributed by atoms with Gasteiger partial charge in [0.25, 0.3) is 0 Å². The number of rotatable bonds is 5. The summed E-state index contributed by atoms with van der Waals surface area (Å²) in [5.41, 5.74) is 1.000. The number of carbonyl (C=O) groups is 1. The average Bonchev–Trinajstić information content (AvgIpc) is 2.71. The van der Waals surface area contributed by atoms with Gasteiger partial charge in [-0.1, -0.05) is 6.92 Å². The molecule has 2 aliphatic heterocycles. The zero-order chi connectivity index (χ0) is 22.1. The van der Waals surface area contributed by atoms with Gasteiger partial charge in [-0.25, -0.2) is 12.7 Å². The zero-order valence-corrected chi connectivity index (χ0v) is 21.5. The van der Waals surface area contributed by atoms with Crippen molar-refractivity contribution in [1.29, 1.82) is 0 Å². The standard InChI is InChI=1S/C21H30Br2N2O4S/c1-14(11-15-12-18(22)20(26)19(23)13-15)21(27)24-7-3-16(4-8-24)17-5-9-25(10-6-17)30(2,28)29/h12-14,16-17,26H,3-11H2,1-2H3/t14-/m1/s1. The summed E-state index contributed by atoms with van der Waals surface area (Å²) in [5, 5.41) is 9.86. The number of benzene rings is 1. The van der Waals surface area contributed by atoms with Gasteiger partial charge in [-0.05, 0) is 93.5 Å². The van der Waals surface area contributed by atoms with Crippen LogP contribution in [0.4, 0.5) is 0 Å². The van der Waals surface area contributed by atoms with E-state index >= 15 is 0 Å². The van der Waals surface area contributed by atoms with Crippen molar-refractivity contribution in [1.82, 2.24) is 9.21 Å². The van der Waals surface area contributed by atoms with Crippen molar-refractivity contribution in [2.75, 3.05) is 32.4 Å². The highest BCUT2D eigenvalue weighted by Gasteiger charge is 2.33. The van der Waals surface area contributed by atoms with E-state index in [1.54, 1.807) is 4.31 Å². The Labute approximate surface area is 196 Å². The van der Waals surface area contributed by atoms with Gasteiger partial charge in [-0.15, -0.1) is 0 Å². The minimum atomic E-state index is -3.08. The van der Waals surface area contributed by atoms with Crippen molar-refractivity contribution < 1.29 is 18.3 Å². The van der Waals surface area contributed by atoms with Gasteiger partial charge in [-0.2, -0.15) is 0 Å². The summed E-state index contributed by atoms with van der Waals surface area (Å²) in [6.45, 7) is 4.77. The van der Waals surface area contributed by atoms with Crippen LogP contribution in [-0.4, -0.2) is 61.1 Å². The molecule has 0 radical (unpaired) electrons. The number of piperidine rings is 2. The number of sulfonamides is 1. The van der Waals surface area contributed by atoms with Crippen molar-refractivity contribution in [2.24, 2.45) is 17.8 Å². The second-order valence-electron chi connectivity index (χ2n) is 8.68. The predicted octanol–water partition coefficient (Wildman–Crippen LogP) is 4.01. The molecule has 0 bridgehead atoms. The number of nitrogens with zero attached hydrogens (tertiary/aromatic N) is 2. The summed E-state index contributed by atoms with van der Waals surface area (Å²) < 4.78 is 26.2. The molecule has 1 aromatic carbocycles. The lowest BCUT2D eigenvalue weighted by Crippen LogP contribution is -2.45. The average molecular weight is 566 g/mol.